The molecule has 0 heterocycles. The van der Waals surface area contributed by atoms with Crippen LogP contribution in [0.2, 0.25) is 0 Å². The van der Waals surface area contributed by atoms with Gasteiger partial charge in [-0.1, -0.05) is 24.3 Å². The van der Waals surface area contributed by atoms with Crippen LogP contribution >= 0.6 is 0 Å². The fourth-order valence-electron chi connectivity index (χ4n) is 2.32. The Labute approximate surface area is 143 Å². The molecule has 0 aliphatic carbocycles. The van der Waals surface area contributed by atoms with E-state index in [9.17, 15) is 4.79 Å². The molecular formula is C20H25NO3. The van der Waals surface area contributed by atoms with Crippen LogP contribution in [-0.2, 0) is 11.3 Å². The second kappa shape index (κ2) is 8.39. The zero-order chi connectivity index (χ0) is 17.5. The number of carbonyl (C=O) groups is 1. The molecule has 4 nitrogen and oxygen atoms in total. The van der Waals surface area contributed by atoms with Crippen molar-refractivity contribution in [1.29, 1.82) is 0 Å². The van der Waals surface area contributed by atoms with Crippen molar-refractivity contribution in [3.63, 3.8) is 0 Å². The highest BCUT2D eigenvalue weighted by Crippen LogP contribution is 2.20. The van der Waals surface area contributed by atoms with Crippen molar-refractivity contribution < 1.29 is 14.3 Å². The summed E-state index contributed by atoms with van der Waals surface area (Å²) in [6, 6.07) is 13.7. The van der Waals surface area contributed by atoms with Gasteiger partial charge in [0.05, 0.1) is 6.61 Å². The molecule has 0 radical (unpaired) electrons. The maximum atomic E-state index is 12.3. The fourth-order valence-corrected chi connectivity index (χ4v) is 2.32. The summed E-state index contributed by atoms with van der Waals surface area (Å²) < 4.78 is 11.3. The molecule has 0 aromatic heterocycles. The van der Waals surface area contributed by atoms with E-state index in [2.05, 4.69) is 5.32 Å². The molecule has 24 heavy (non-hydrogen) atoms. The summed E-state index contributed by atoms with van der Waals surface area (Å²) in [5.74, 6) is 1.41. The lowest BCUT2D eigenvalue weighted by Gasteiger charge is -2.17. The monoisotopic (exact) mass is 327 g/mol. The quantitative estimate of drug-likeness (QED) is 0.842. The molecule has 4 heteroatoms. The number of nitrogens with one attached hydrogen (secondary N) is 1. The molecule has 1 atom stereocenters. The molecular weight excluding hydrogens is 302 g/mol. The third-order valence-electron chi connectivity index (χ3n) is 3.69. The SMILES string of the molecule is CCOc1cccc(CNC(=O)C(C)Oc2cc(C)ccc2C)c1. The highest BCUT2D eigenvalue weighted by Gasteiger charge is 2.15. The number of benzene rings is 2. The number of ether oxygens (including phenoxy) is 2. The van der Waals surface area contributed by atoms with Gasteiger partial charge in [-0.15, -0.1) is 0 Å². The molecule has 0 spiro atoms. The lowest BCUT2D eigenvalue weighted by molar-refractivity contribution is -0.127. The van der Waals surface area contributed by atoms with Gasteiger partial charge in [-0.05, 0) is 62.6 Å². The Morgan fingerprint density at radius 2 is 1.96 bits per heavy atom. The van der Waals surface area contributed by atoms with Crippen LogP contribution in [0, 0.1) is 13.8 Å². The predicted octanol–water partition coefficient (Wildman–Crippen LogP) is 3.79. The molecule has 2 aromatic rings. The number of carbonyl (C=O) groups excluding carboxylic acids is 1. The lowest BCUT2D eigenvalue weighted by Crippen LogP contribution is -2.36. The average Bonchev–Trinajstić information content (AvgIpc) is 2.56. The Kier molecular flexibility index (Phi) is 6.24. The first-order valence-corrected chi connectivity index (χ1v) is 8.23. The number of aryl methyl sites for hydroxylation is 2. The fraction of sp³-hybridized carbons (Fsp3) is 0.350. The zero-order valence-electron chi connectivity index (χ0n) is 14.8. The maximum absolute atomic E-state index is 12.3. The summed E-state index contributed by atoms with van der Waals surface area (Å²) in [5.41, 5.74) is 3.12. The van der Waals surface area contributed by atoms with Crippen molar-refractivity contribution in [3.8, 4) is 11.5 Å². The molecule has 0 saturated carbocycles. The van der Waals surface area contributed by atoms with Crippen molar-refractivity contribution in [2.24, 2.45) is 0 Å². The van der Waals surface area contributed by atoms with Crippen molar-refractivity contribution >= 4 is 5.91 Å². The summed E-state index contributed by atoms with van der Waals surface area (Å²) in [6.45, 7) is 8.74. The molecule has 0 fully saturated rings. The highest BCUT2D eigenvalue weighted by atomic mass is 16.5. The largest absolute Gasteiger partial charge is 0.494 e. The van der Waals surface area contributed by atoms with Gasteiger partial charge in [0.15, 0.2) is 6.10 Å². The molecule has 2 rings (SSSR count). The Morgan fingerprint density at radius 3 is 2.71 bits per heavy atom. The third-order valence-corrected chi connectivity index (χ3v) is 3.69. The van der Waals surface area contributed by atoms with Gasteiger partial charge >= 0.3 is 0 Å². The molecule has 128 valence electrons. The van der Waals surface area contributed by atoms with Gasteiger partial charge in [-0.25, -0.2) is 0 Å². The van der Waals surface area contributed by atoms with Gasteiger partial charge < -0.3 is 14.8 Å². The van der Waals surface area contributed by atoms with Crippen LogP contribution in [-0.4, -0.2) is 18.6 Å². The van der Waals surface area contributed by atoms with Gasteiger partial charge in [0.1, 0.15) is 11.5 Å². The zero-order valence-corrected chi connectivity index (χ0v) is 14.8. The number of hydrogen-bond donors (Lipinski definition) is 1. The molecule has 0 saturated heterocycles. The Balaban J connectivity index is 1.92. The first kappa shape index (κ1) is 17.9. The second-order valence-electron chi connectivity index (χ2n) is 5.83. The first-order chi connectivity index (χ1) is 11.5. The van der Waals surface area contributed by atoms with E-state index in [1.165, 1.54) is 0 Å². The van der Waals surface area contributed by atoms with Gasteiger partial charge in [0, 0.05) is 6.54 Å². The predicted molar refractivity (Wildman–Crippen MR) is 95.5 cm³/mol. The van der Waals surface area contributed by atoms with Crippen LogP contribution in [0.15, 0.2) is 42.5 Å². The van der Waals surface area contributed by atoms with Crippen molar-refractivity contribution in [2.75, 3.05) is 6.61 Å². The second-order valence-corrected chi connectivity index (χ2v) is 5.83. The molecule has 1 amide bonds. The van der Waals surface area contributed by atoms with E-state index in [4.69, 9.17) is 9.47 Å². The number of hydrogen-bond acceptors (Lipinski definition) is 3. The smallest absolute Gasteiger partial charge is 0.261 e. The Hall–Kier alpha value is -2.49. The van der Waals surface area contributed by atoms with Crippen molar-refractivity contribution in [3.05, 3.63) is 59.2 Å². The van der Waals surface area contributed by atoms with E-state index >= 15 is 0 Å². The van der Waals surface area contributed by atoms with Gasteiger partial charge in [-0.2, -0.15) is 0 Å². The van der Waals surface area contributed by atoms with Crippen LogP contribution < -0.4 is 14.8 Å². The molecule has 0 aliphatic heterocycles. The maximum Gasteiger partial charge on any atom is 0.261 e. The van der Waals surface area contributed by atoms with Crippen LogP contribution in [0.1, 0.15) is 30.5 Å². The molecule has 0 bridgehead atoms. The molecule has 0 aliphatic rings. The van der Waals surface area contributed by atoms with Gasteiger partial charge in [-0.3, -0.25) is 4.79 Å². The van der Waals surface area contributed by atoms with E-state index in [-0.39, 0.29) is 5.91 Å². The minimum atomic E-state index is -0.555. The van der Waals surface area contributed by atoms with Crippen LogP contribution in [0.3, 0.4) is 0 Å². The topological polar surface area (TPSA) is 47.6 Å². The van der Waals surface area contributed by atoms with Crippen molar-refractivity contribution in [1.82, 2.24) is 5.32 Å². The number of rotatable bonds is 7. The van der Waals surface area contributed by atoms with Crippen LogP contribution in [0.4, 0.5) is 0 Å². The first-order valence-electron chi connectivity index (χ1n) is 8.23. The minimum absolute atomic E-state index is 0.141. The lowest BCUT2D eigenvalue weighted by atomic mass is 10.1. The van der Waals surface area contributed by atoms with Gasteiger partial charge in [0.2, 0.25) is 0 Å². The van der Waals surface area contributed by atoms with Crippen molar-refractivity contribution in [2.45, 2.75) is 40.3 Å². The summed E-state index contributed by atoms with van der Waals surface area (Å²) in [7, 11) is 0. The third kappa shape index (κ3) is 5.01. The van der Waals surface area contributed by atoms with Gasteiger partial charge in [0.25, 0.3) is 5.91 Å². The summed E-state index contributed by atoms with van der Waals surface area (Å²) in [4.78, 5) is 12.3. The number of amides is 1. The molecule has 2 aromatic carbocycles. The Morgan fingerprint density at radius 1 is 1.17 bits per heavy atom. The van der Waals surface area contributed by atoms with Crippen LogP contribution in [0.5, 0.6) is 11.5 Å². The average molecular weight is 327 g/mol. The van der Waals surface area contributed by atoms with E-state index in [1.54, 1.807) is 6.92 Å². The molecule has 1 N–H and O–H groups in total. The van der Waals surface area contributed by atoms with E-state index in [0.29, 0.717) is 13.2 Å². The summed E-state index contributed by atoms with van der Waals surface area (Å²) >= 11 is 0. The standard InChI is InChI=1S/C20H25NO3/c1-5-23-18-8-6-7-17(12-18)13-21-20(22)16(4)24-19-11-14(2)9-10-15(19)3/h6-12,16H,5,13H2,1-4H3,(H,21,22). The van der Waals surface area contributed by atoms with E-state index < -0.39 is 6.10 Å². The minimum Gasteiger partial charge on any atom is -0.494 e. The highest BCUT2D eigenvalue weighted by molar-refractivity contribution is 5.80. The summed E-state index contributed by atoms with van der Waals surface area (Å²) in [5, 5.41) is 2.90. The normalized spacial score (nSPS) is 11.7. The van der Waals surface area contributed by atoms with E-state index in [1.807, 2.05) is 63.2 Å². The molecule has 1 unspecified atom stereocenters. The van der Waals surface area contributed by atoms with E-state index in [0.717, 1.165) is 28.2 Å². The van der Waals surface area contributed by atoms with Crippen LogP contribution in [0.25, 0.3) is 0 Å². The Bertz CT molecular complexity index is 697. The summed E-state index contributed by atoms with van der Waals surface area (Å²) in [6.07, 6.45) is -0.555.